The molecule has 5 heteroatoms. The maximum atomic E-state index is 12.5. The van der Waals surface area contributed by atoms with Gasteiger partial charge in [0.2, 0.25) is 5.91 Å². The van der Waals surface area contributed by atoms with Crippen molar-refractivity contribution in [3.63, 3.8) is 0 Å². The Morgan fingerprint density at radius 2 is 2.45 bits per heavy atom. The highest BCUT2D eigenvalue weighted by atomic mass is 32.1. The molecule has 3 atom stereocenters. The molecule has 22 heavy (non-hydrogen) atoms. The van der Waals surface area contributed by atoms with E-state index in [2.05, 4.69) is 6.58 Å². The number of fused-ring (bicyclic) bond motifs is 1. The Labute approximate surface area is 135 Å². The third-order valence-corrected chi connectivity index (χ3v) is 5.02. The van der Waals surface area contributed by atoms with E-state index in [-0.39, 0.29) is 24.2 Å². The number of amides is 1. The standard InChI is InChI=1S/C17H21NO3S/c1-2-10-20-15-7-6-14-17(15)21-11-9-18(14)16(19)8-5-13-4-3-12-22-13/h2-5,8,12,14-15,17H,1,6-7,9-11H2/b8-5+/t14-,15-,17+/m0/s1. The molecule has 1 aliphatic heterocycles. The third kappa shape index (κ3) is 3.32. The molecule has 0 unspecified atom stereocenters. The minimum atomic E-state index is -0.00668. The SMILES string of the molecule is C=CCO[C@H]1CC[C@H]2[C@H]1OCCN2C(=O)/C=C/c1cccs1. The van der Waals surface area contributed by atoms with Crippen LogP contribution in [0, 0.1) is 0 Å². The fourth-order valence-electron chi connectivity index (χ4n) is 3.19. The van der Waals surface area contributed by atoms with Gasteiger partial charge in [0.1, 0.15) is 6.10 Å². The molecule has 2 heterocycles. The van der Waals surface area contributed by atoms with E-state index in [1.165, 1.54) is 0 Å². The fraction of sp³-hybridized carbons (Fsp3) is 0.471. The number of rotatable bonds is 5. The maximum Gasteiger partial charge on any atom is 0.247 e. The summed E-state index contributed by atoms with van der Waals surface area (Å²) in [5, 5.41) is 2.01. The summed E-state index contributed by atoms with van der Waals surface area (Å²) in [6, 6.07) is 4.12. The summed E-state index contributed by atoms with van der Waals surface area (Å²) < 4.78 is 11.6. The van der Waals surface area contributed by atoms with Crippen molar-refractivity contribution in [3.05, 3.63) is 41.1 Å². The number of morpholine rings is 1. The predicted octanol–water partition coefficient (Wildman–Crippen LogP) is 2.72. The van der Waals surface area contributed by atoms with E-state index in [0.29, 0.717) is 19.8 Å². The highest BCUT2D eigenvalue weighted by Gasteiger charge is 2.44. The minimum absolute atomic E-state index is 0.00668. The van der Waals surface area contributed by atoms with Gasteiger partial charge in [0, 0.05) is 17.5 Å². The average Bonchev–Trinajstić information content (AvgIpc) is 3.19. The van der Waals surface area contributed by atoms with E-state index < -0.39 is 0 Å². The quantitative estimate of drug-likeness (QED) is 0.619. The predicted molar refractivity (Wildman–Crippen MR) is 87.8 cm³/mol. The molecule has 1 aromatic heterocycles. The number of carbonyl (C=O) groups excluding carboxylic acids is 1. The van der Waals surface area contributed by atoms with Crippen molar-refractivity contribution in [1.29, 1.82) is 0 Å². The van der Waals surface area contributed by atoms with Crippen molar-refractivity contribution in [2.75, 3.05) is 19.8 Å². The number of nitrogens with zero attached hydrogens (tertiary/aromatic N) is 1. The van der Waals surface area contributed by atoms with Gasteiger partial charge in [0.05, 0.1) is 25.4 Å². The second-order valence-corrected chi connectivity index (χ2v) is 6.50. The molecule has 1 aromatic rings. The minimum Gasteiger partial charge on any atom is -0.372 e. The van der Waals surface area contributed by atoms with Crippen LogP contribution in [0.2, 0.25) is 0 Å². The zero-order valence-corrected chi connectivity index (χ0v) is 13.3. The molecule has 0 spiro atoms. The van der Waals surface area contributed by atoms with Gasteiger partial charge in [-0.3, -0.25) is 4.79 Å². The molecule has 3 rings (SSSR count). The Hall–Kier alpha value is -1.43. The summed E-state index contributed by atoms with van der Waals surface area (Å²) in [5.74, 6) is 0.0658. The Morgan fingerprint density at radius 3 is 3.23 bits per heavy atom. The van der Waals surface area contributed by atoms with Gasteiger partial charge in [-0.2, -0.15) is 0 Å². The highest BCUT2D eigenvalue weighted by Crippen LogP contribution is 2.32. The topological polar surface area (TPSA) is 38.8 Å². The number of ether oxygens (including phenoxy) is 2. The van der Waals surface area contributed by atoms with Crippen LogP contribution in [0.25, 0.3) is 6.08 Å². The molecule has 0 bridgehead atoms. The first-order valence-electron chi connectivity index (χ1n) is 7.66. The molecule has 0 radical (unpaired) electrons. The fourth-order valence-corrected chi connectivity index (χ4v) is 3.81. The van der Waals surface area contributed by atoms with Gasteiger partial charge in [-0.25, -0.2) is 0 Å². The molecule has 2 fully saturated rings. The van der Waals surface area contributed by atoms with Crippen LogP contribution >= 0.6 is 11.3 Å². The molecular formula is C17H21NO3S. The van der Waals surface area contributed by atoms with Crippen molar-refractivity contribution >= 4 is 23.3 Å². The lowest BCUT2D eigenvalue weighted by atomic mass is 10.1. The van der Waals surface area contributed by atoms with Crippen molar-refractivity contribution in [3.8, 4) is 0 Å². The number of hydrogen-bond acceptors (Lipinski definition) is 4. The molecule has 1 amide bonds. The second kappa shape index (κ2) is 7.22. The zero-order chi connectivity index (χ0) is 15.4. The molecule has 0 aromatic carbocycles. The van der Waals surface area contributed by atoms with Gasteiger partial charge in [-0.15, -0.1) is 17.9 Å². The molecule has 4 nitrogen and oxygen atoms in total. The number of thiophene rings is 1. The van der Waals surface area contributed by atoms with Gasteiger partial charge >= 0.3 is 0 Å². The van der Waals surface area contributed by atoms with Crippen molar-refractivity contribution in [2.45, 2.75) is 31.1 Å². The van der Waals surface area contributed by atoms with E-state index in [4.69, 9.17) is 9.47 Å². The van der Waals surface area contributed by atoms with Crippen LogP contribution < -0.4 is 0 Å². The summed E-state index contributed by atoms with van der Waals surface area (Å²) in [5.41, 5.74) is 0. The van der Waals surface area contributed by atoms with Gasteiger partial charge in [-0.1, -0.05) is 12.1 Å². The first-order chi connectivity index (χ1) is 10.8. The van der Waals surface area contributed by atoms with Crippen LogP contribution in [-0.4, -0.2) is 48.8 Å². The first kappa shape index (κ1) is 15.5. The Morgan fingerprint density at radius 1 is 1.55 bits per heavy atom. The molecule has 0 N–H and O–H groups in total. The van der Waals surface area contributed by atoms with Gasteiger partial charge in [0.25, 0.3) is 0 Å². The molecule has 1 saturated carbocycles. The summed E-state index contributed by atoms with van der Waals surface area (Å²) in [6.45, 7) is 5.44. The van der Waals surface area contributed by atoms with E-state index in [1.54, 1.807) is 23.5 Å². The number of carbonyl (C=O) groups is 1. The average molecular weight is 319 g/mol. The normalized spacial score (nSPS) is 28.0. The van der Waals surface area contributed by atoms with Crippen LogP contribution in [0.15, 0.2) is 36.2 Å². The van der Waals surface area contributed by atoms with Crippen LogP contribution in [-0.2, 0) is 14.3 Å². The Balaban J connectivity index is 1.64. The highest BCUT2D eigenvalue weighted by molar-refractivity contribution is 7.10. The maximum absolute atomic E-state index is 12.5. The van der Waals surface area contributed by atoms with Crippen LogP contribution in [0.1, 0.15) is 17.7 Å². The summed E-state index contributed by atoms with van der Waals surface area (Å²) in [6.07, 6.45) is 7.24. The van der Waals surface area contributed by atoms with Crippen molar-refractivity contribution < 1.29 is 14.3 Å². The van der Waals surface area contributed by atoms with Crippen LogP contribution in [0.4, 0.5) is 0 Å². The summed E-state index contributed by atoms with van der Waals surface area (Å²) >= 11 is 1.63. The summed E-state index contributed by atoms with van der Waals surface area (Å²) in [4.78, 5) is 15.5. The van der Waals surface area contributed by atoms with Gasteiger partial charge in [0.15, 0.2) is 0 Å². The van der Waals surface area contributed by atoms with E-state index in [0.717, 1.165) is 17.7 Å². The van der Waals surface area contributed by atoms with Gasteiger partial charge < -0.3 is 14.4 Å². The Kier molecular flexibility index (Phi) is 5.08. The largest absolute Gasteiger partial charge is 0.372 e. The number of hydrogen-bond donors (Lipinski definition) is 0. The molecule has 118 valence electrons. The lowest BCUT2D eigenvalue weighted by Crippen LogP contribution is -2.53. The van der Waals surface area contributed by atoms with E-state index in [9.17, 15) is 4.79 Å². The molecule has 2 aliphatic rings. The smallest absolute Gasteiger partial charge is 0.247 e. The monoisotopic (exact) mass is 319 g/mol. The zero-order valence-electron chi connectivity index (χ0n) is 12.5. The lowest BCUT2D eigenvalue weighted by Gasteiger charge is -2.38. The Bertz CT molecular complexity index is 540. The molecular weight excluding hydrogens is 298 g/mol. The van der Waals surface area contributed by atoms with Crippen molar-refractivity contribution in [2.24, 2.45) is 0 Å². The van der Waals surface area contributed by atoms with Crippen molar-refractivity contribution in [1.82, 2.24) is 4.90 Å². The van der Waals surface area contributed by atoms with Crippen LogP contribution in [0.3, 0.4) is 0 Å². The second-order valence-electron chi connectivity index (χ2n) is 5.52. The summed E-state index contributed by atoms with van der Waals surface area (Å²) in [7, 11) is 0. The first-order valence-corrected chi connectivity index (χ1v) is 8.54. The molecule has 1 aliphatic carbocycles. The van der Waals surface area contributed by atoms with Crippen LogP contribution in [0.5, 0.6) is 0 Å². The van der Waals surface area contributed by atoms with E-state index >= 15 is 0 Å². The lowest BCUT2D eigenvalue weighted by molar-refractivity contribution is -0.146. The van der Waals surface area contributed by atoms with E-state index in [1.807, 2.05) is 28.5 Å². The van der Waals surface area contributed by atoms with Gasteiger partial charge in [-0.05, 0) is 30.4 Å². The third-order valence-electron chi connectivity index (χ3n) is 4.18. The molecule has 1 saturated heterocycles.